The van der Waals surface area contributed by atoms with E-state index in [1.54, 1.807) is 32.2 Å². The topological polar surface area (TPSA) is 74.3 Å². The maximum atomic E-state index is 12.3. The van der Waals surface area contributed by atoms with Gasteiger partial charge in [0.2, 0.25) is 0 Å². The lowest BCUT2D eigenvalue weighted by Gasteiger charge is -2.16. The highest BCUT2D eigenvalue weighted by atomic mass is 32.2. The molecule has 0 saturated heterocycles. The van der Waals surface area contributed by atoms with Crippen LogP contribution in [0.2, 0.25) is 0 Å². The molecule has 2 rings (SSSR count). The van der Waals surface area contributed by atoms with Crippen molar-refractivity contribution in [2.24, 2.45) is 5.73 Å². The Bertz CT molecular complexity index is 823. The van der Waals surface area contributed by atoms with E-state index >= 15 is 0 Å². The van der Waals surface area contributed by atoms with Crippen LogP contribution in [-0.4, -0.2) is 25.8 Å². The van der Waals surface area contributed by atoms with Crippen molar-refractivity contribution in [2.75, 3.05) is 12.9 Å². The van der Waals surface area contributed by atoms with Gasteiger partial charge in [0.25, 0.3) is 0 Å². The Balaban J connectivity index is 2.80. The molecule has 0 fully saturated rings. The van der Waals surface area contributed by atoms with Gasteiger partial charge in [-0.15, -0.1) is 0 Å². The zero-order valence-electron chi connectivity index (χ0n) is 14.8. The molecule has 0 aliphatic carbocycles. The normalized spacial score (nSPS) is 11.7. The van der Waals surface area contributed by atoms with E-state index in [1.807, 2.05) is 0 Å². The van der Waals surface area contributed by atoms with Crippen LogP contribution < -0.4 is 10.5 Å². The Morgan fingerprint density at radius 3 is 2.38 bits per heavy atom. The van der Waals surface area contributed by atoms with Crippen molar-refractivity contribution in [3.63, 3.8) is 0 Å². The predicted molar refractivity (Wildman–Crippen MR) is 97.1 cm³/mol. The van der Waals surface area contributed by atoms with Crippen LogP contribution in [0.3, 0.4) is 0 Å². The molecular weight excluding hydrogens is 324 g/mol. The van der Waals surface area contributed by atoms with Crippen molar-refractivity contribution in [1.29, 1.82) is 0 Å². The maximum Gasteiger partial charge on any atom is 0.178 e. The highest BCUT2D eigenvalue weighted by molar-refractivity contribution is 7.91. The van der Waals surface area contributed by atoms with Crippen molar-refractivity contribution in [2.45, 2.75) is 45.2 Å². The molecule has 0 amide bonds. The summed E-state index contributed by atoms with van der Waals surface area (Å²) in [6.07, 6.45) is 0.837. The number of nitrogens with two attached hydrogens (primary N) is 1. The number of hydrogen-bond acceptors (Lipinski definition) is 4. The van der Waals surface area contributed by atoms with Crippen LogP contribution in [0.5, 0.6) is 5.75 Å². The molecule has 1 heterocycles. The first-order valence-corrected chi connectivity index (χ1v) is 9.91. The highest BCUT2D eigenvalue weighted by Crippen LogP contribution is 2.36. The molecule has 2 aromatic rings. The van der Waals surface area contributed by atoms with E-state index in [0.29, 0.717) is 17.2 Å². The Hall–Kier alpha value is -1.79. The van der Waals surface area contributed by atoms with Gasteiger partial charge in [0.1, 0.15) is 5.75 Å². The molecule has 0 bridgehead atoms. The number of hydrogen-bond donors (Lipinski definition) is 1. The molecule has 0 spiro atoms. The third-order valence-electron chi connectivity index (χ3n) is 4.33. The Morgan fingerprint density at radius 2 is 1.88 bits per heavy atom. The summed E-state index contributed by atoms with van der Waals surface area (Å²) in [7, 11) is -1.68. The molecule has 24 heavy (non-hydrogen) atoms. The smallest absolute Gasteiger partial charge is 0.178 e. The van der Waals surface area contributed by atoms with Gasteiger partial charge in [-0.1, -0.05) is 13.8 Å². The highest BCUT2D eigenvalue weighted by Gasteiger charge is 2.21. The maximum absolute atomic E-state index is 12.3. The van der Waals surface area contributed by atoms with Gasteiger partial charge in [0, 0.05) is 24.3 Å². The molecular formula is C18H26N2O3S. The number of rotatable bonds is 7. The lowest BCUT2D eigenvalue weighted by atomic mass is 10.0. The fourth-order valence-corrected chi connectivity index (χ4v) is 3.92. The van der Waals surface area contributed by atoms with Crippen LogP contribution in [0.15, 0.2) is 29.2 Å². The first-order valence-electron chi connectivity index (χ1n) is 8.25. The Kier molecular flexibility index (Phi) is 5.72. The summed E-state index contributed by atoms with van der Waals surface area (Å²) in [6, 6.07) is 7.15. The van der Waals surface area contributed by atoms with Crippen LogP contribution in [0.4, 0.5) is 0 Å². The summed E-state index contributed by atoms with van der Waals surface area (Å²) in [6.45, 7) is 6.99. The summed E-state index contributed by atoms with van der Waals surface area (Å²) in [4.78, 5) is 0.320. The fraction of sp³-hybridized carbons (Fsp3) is 0.444. The quantitative estimate of drug-likeness (QED) is 0.833. The number of sulfone groups is 1. The van der Waals surface area contributed by atoms with Gasteiger partial charge < -0.3 is 15.0 Å². The molecule has 132 valence electrons. The second-order valence-corrected chi connectivity index (χ2v) is 7.86. The van der Waals surface area contributed by atoms with Crippen molar-refractivity contribution < 1.29 is 13.2 Å². The van der Waals surface area contributed by atoms with Crippen molar-refractivity contribution in [3.05, 3.63) is 35.5 Å². The average Bonchev–Trinajstić information content (AvgIpc) is 2.98. The molecule has 1 aromatic carbocycles. The average molecular weight is 350 g/mol. The number of methoxy groups -OCH3 is 1. The first-order chi connectivity index (χ1) is 11.4. The zero-order chi connectivity index (χ0) is 17.9. The summed E-state index contributed by atoms with van der Waals surface area (Å²) in [5.41, 5.74) is 9.85. The van der Waals surface area contributed by atoms with E-state index in [2.05, 4.69) is 24.5 Å². The van der Waals surface area contributed by atoms with E-state index in [-0.39, 0.29) is 5.75 Å². The van der Waals surface area contributed by atoms with E-state index in [0.717, 1.165) is 35.5 Å². The fourth-order valence-electron chi connectivity index (χ4n) is 3.01. The largest absolute Gasteiger partial charge is 0.496 e. The molecule has 0 saturated carbocycles. The SMILES string of the molecule is CCc1cc(CN)n(CC)c1-c1cc(S(=O)(=O)CC)ccc1OC. The number of nitrogens with zero attached hydrogens (tertiary/aromatic N) is 1. The van der Waals surface area contributed by atoms with E-state index < -0.39 is 9.84 Å². The van der Waals surface area contributed by atoms with Crippen molar-refractivity contribution in [1.82, 2.24) is 4.57 Å². The standard InChI is InChI=1S/C18H26N2O3S/c1-5-13-10-14(12-19)20(6-2)18(13)16-11-15(24(21,22)7-3)8-9-17(16)23-4/h8-11H,5-7,12,19H2,1-4H3. The van der Waals surface area contributed by atoms with E-state index in [9.17, 15) is 8.42 Å². The lowest BCUT2D eigenvalue weighted by Crippen LogP contribution is -2.09. The zero-order valence-corrected chi connectivity index (χ0v) is 15.6. The van der Waals surface area contributed by atoms with Crippen molar-refractivity contribution >= 4 is 9.84 Å². The molecule has 2 N–H and O–H groups in total. The van der Waals surface area contributed by atoms with Gasteiger partial charge in [-0.25, -0.2) is 8.42 Å². The minimum Gasteiger partial charge on any atom is -0.496 e. The van der Waals surface area contributed by atoms with Gasteiger partial charge in [-0.3, -0.25) is 0 Å². The van der Waals surface area contributed by atoms with Crippen LogP contribution in [0.25, 0.3) is 11.3 Å². The number of aromatic nitrogens is 1. The first kappa shape index (κ1) is 18.5. The lowest BCUT2D eigenvalue weighted by molar-refractivity contribution is 0.415. The van der Waals surface area contributed by atoms with Crippen LogP contribution >= 0.6 is 0 Å². The Morgan fingerprint density at radius 1 is 1.17 bits per heavy atom. The van der Waals surface area contributed by atoms with Gasteiger partial charge in [0.05, 0.1) is 23.5 Å². The molecule has 0 radical (unpaired) electrons. The number of benzene rings is 1. The van der Waals surface area contributed by atoms with Gasteiger partial charge in [-0.05, 0) is 43.2 Å². The second kappa shape index (κ2) is 7.40. The van der Waals surface area contributed by atoms with Crippen molar-refractivity contribution in [3.8, 4) is 17.0 Å². The summed E-state index contributed by atoms with van der Waals surface area (Å²) < 4.78 is 32.2. The summed E-state index contributed by atoms with van der Waals surface area (Å²) in [5.74, 6) is 0.735. The monoisotopic (exact) mass is 350 g/mol. The third kappa shape index (κ3) is 3.21. The van der Waals surface area contributed by atoms with Gasteiger partial charge >= 0.3 is 0 Å². The molecule has 6 heteroatoms. The third-order valence-corrected chi connectivity index (χ3v) is 6.07. The van der Waals surface area contributed by atoms with Crippen LogP contribution in [-0.2, 0) is 29.3 Å². The molecule has 0 atom stereocenters. The van der Waals surface area contributed by atoms with Crippen LogP contribution in [0, 0.1) is 0 Å². The molecule has 0 aliphatic rings. The molecule has 0 aliphatic heterocycles. The second-order valence-electron chi connectivity index (χ2n) is 5.58. The summed E-state index contributed by atoms with van der Waals surface area (Å²) in [5, 5.41) is 0. The minimum absolute atomic E-state index is 0.0717. The number of ether oxygens (including phenoxy) is 1. The Labute approximate surface area is 144 Å². The number of aryl methyl sites for hydroxylation is 1. The molecule has 1 aromatic heterocycles. The predicted octanol–water partition coefficient (Wildman–Crippen LogP) is 3.00. The molecule has 0 unspecified atom stereocenters. The van der Waals surface area contributed by atoms with E-state index in [4.69, 9.17) is 10.5 Å². The molecule has 5 nitrogen and oxygen atoms in total. The van der Waals surface area contributed by atoms with Gasteiger partial charge in [-0.2, -0.15) is 0 Å². The van der Waals surface area contributed by atoms with Gasteiger partial charge in [0.15, 0.2) is 9.84 Å². The van der Waals surface area contributed by atoms with E-state index in [1.165, 1.54) is 0 Å². The minimum atomic E-state index is -3.28. The summed E-state index contributed by atoms with van der Waals surface area (Å²) >= 11 is 0. The van der Waals surface area contributed by atoms with Crippen LogP contribution in [0.1, 0.15) is 32.0 Å².